The molecule has 3 rings (SSSR count). The topological polar surface area (TPSA) is 120 Å². The molecule has 37 heavy (non-hydrogen) atoms. The maximum absolute atomic E-state index is 12.9. The molecule has 3 saturated heterocycles. The molecule has 3 fully saturated rings. The second-order valence-electron chi connectivity index (χ2n) is 11.2. The van der Waals surface area contributed by atoms with Crippen molar-refractivity contribution in [2.75, 3.05) is 45.8 Å². The van der Waals surface area contributed by atoms with Gasteiger partial charge >= 0.3 is 5.97 Å². The van der Waals surface area contributed by atoms with Crippen LogP contribution in [-0.4, -0.2) is 107 Å². The number of likely N-dealkylation sites (tertiary alicyclic amines) is 1. The predicted molar refractivity (Wildman–Crippen MR) is 136 cm³/mol. The molecule has 3 aliphatic rings. The summed E-state index contributed by atoms with van der Waals surface area (Å²) < 4.78 is 0. The van der Waals surface area contributed by atoms with E-state index in [2.05, 4.69) is 24.1 Å². The number of carbonyl (C=O) groups excluding carboxylic acids is 5. The molecule has 0 radical (unpaired) electrons. The van der Waals surface area contributed by atoms with Crippen molar-refractivity contribution in [3.8, 4) is 0 Å². The highest BCUT2D eigenvalue weighted by Crippen LogP contribution is 2.27. The van der Waals surface area contributed by atoms with Gasteiger partial charge < -0.3 is 15.1 Å². The molecule has 0 saturated carbocycles. The monoisotopic (exact) mass is 521 g/mol. The van der Waals surface area contributed by atoms with E-state index in [-0.39, 0.29) is 37.5 Å². The molecule has 0 aliphatic carbocycles. The number of carbonyl (C=O) groups is 5. The third-order valence-electron chi connectivity index (χ3n) is 7.75. The summed E-state index contributed by atoms with van der Waals surface area (Å²) in [5.41, 5.74) is -0.537. The zero-order valence-electron chi connectivity index (χ0n) is 22.8. The van der Waals surface area contributed by atoms with Crippen molar-refractivity contribution in [3.05, 3.63) is 0 Å². The third kappa shape index (κ3) is 7.98. The Morgan fingerprint density at radius 1 is 0.946 bits per heavy atom. The lowest BCUT2D eigenvalue weighted by atomic mass is 9.87. The minimum Gasteiger partial charge on any atom is -0.355 e. The molecule has 0 spiro atoms. The van der Waals surface area contributed by atoms with Crippen molar-refractivity contribution >= 4 is 29.6 Å². The summed E-state index contributed by atoms with van der Waals surface area (Å²) in [6, 6.07) is 0.945. The van der Waals surface area contributed by atoms with Crippen LogP contribution < -0.4 is 5.32 Å². The van der Waals surface area contributed by atoms with Crippen LogP contribution in [0.25, 0.3) is 0 Å². The Morgan fingerprint density at radius 3 is 2.14 bits per heavy atom. The molecule has 11 nitrogen and oxygen atoms in total. The van der Waals surface area contributed by atoms with Crippen LogP contribution in [0.4, 0.5) is 0 Å². The van der Waals surface area contributed by atoms with Gasteiger partial charge in [0.2, 0.25) is 11.8 Å². The first kappa shape index (κ1) is 29.0. The SMILES string of the molecule is CC1CCCC(C)N1CC(C)(C)C(=O)NCCC(=O)N1CCN(CCC(=O)ON2C(=O)CCC2=O)CC1. The first-order valence-electron chi connectivity index (χ1n) is 13.6. The number of piperidine rings is 1. The predicted octanol–water partition coefficient (Wildman–Crippen LogP) is 0.923. The second kappa shape index (κ2) is 12.8. The summed E-state index contributed by atoms with van der Waals surface area (Å²) in [5, 5.41) is 3.53. The van der Waals surface area contributed by atoms with Crippen molar-refractivity contribution in [3.63, 3.8) is 0 Å². The fraction of sp³-hybridized carbons (Fsp3) is 0.808. The number of rotatable bonds is 10. The first-order valence-corrected chi connectivity index (χ1v) is 13.6. The maximum atomic E-state index is 12.9. The van der Waals surface area contributed by atoms with Crippen molar-refractivity contribution in [1.29, 1.82) is 0 Å². The van der Waals surface area contributed by atoms with Crippen LogP contribution in [-0.2, 0) is 28.8 Å². The molecular formula is C26H43N5O6. The van der Waals surface area contributed by atoms with Gasteiger partial charge in [0, 0.05) is 77.2 Å². The molecule has 0 bridgehead atoms. The van der Waals surface area contributed by atoms with Crippen LogP contribution in [0.15, 0.2) is 0 Å². The van der Waals surface area contributed by atoms with E-state index in [1.165, 1.54) is 6.42 Å². The molecule has 208 valence electrons. The van der Waals surface area contributed by atoms with Gasteiger partial charge in [0.05, 0.1) is 11.8 Å². The molecular weight excluding hydrogens is 478 g/mol. The smallest absolute Gasteiger partial charge is 0.334 e. The number of nitrogens with one attached hydrogen (secondary N) is 1. The van der Waals surface area contributed by atoms with E-state index in [0.29, 0.717) is 63.0 Å². The molecule has 3 aliphatic heterocycles. The average molecular weight is 522 g/mol. The van der Waals surface area contributed by atoms with E-state index in [0.717, 1.165) is 12.8 Å². The number of amides is 4. The number of piperazine rings is 1. The Balaban J connectivity index is 1.32. The normalized spacial score (nSPS) is 23.9. The highest BCUT2D eigenvalue weighted by atomic mass is 16.7. The Morgan fingerprint density at radius 2 is 1.54 bits per heavy atom. The van der Waals surface area contributed by atoms with Crippen molar-refractivity contribution in [2.24, 2.45) is 5.41 Å². The zero-order valence-corrected chi connectivity index (χ0v) is 22.8. The third-order valence-corrected chi connectivity index (χ3v) is 7.75. The molecule has 0 aromatic carbocycles. The number of imide groups is 1. The second-order valence-corrected chi connectivity index (χ2v) is 11.2. The Kier molecular flexibility index (Phi) is 10.1. The minimum absolute atomic E-state index is 0.00139. The molecule has 11 heteroatoms. The summed E-state index contributed by atoms with van der Waals surface area (Å²) in [7, 11) is 0. The van der Waals surface area contributed by atoms with Crippen LogP contribution in [0.2, 0.25) is 0 Å². The summed E-state index contributed by atoms with van der Waals surface area (Å²) in [6.45, 7) is 12.2. The fourth-order valence-corrected chi connectivity index (χ4v) is 5.27. The van der Waals surface area contributed by atoms with Crippen LogP contribution in [0.5, 0.6) is 0 Å². The summed E-state index contributed by atoms with van der Waals surface area (Å²) in [5.74, 6) is -1.63. The molecule has 0 aromatic rings. The van der Waals surface area contributed by atoms with Gasteiger partial charge in [0.25, 0.3) is 11.8 Å². The maximum Gasteiger partial charge on any atom is 0.334 e. The van der Waals surface area contributed by atoms with E-state index in [1.807, 2.05) is 18.7 Å². The van der Waals surface area contributed by atoms with Gasteiger partial charge in [-0.05, 0) is 40.5 Å². The molecule has 1 N–H and O–H groups in total. The van der Waals surface area contributed by atoms with Gasteiger partial charge in [-0.1, -0.05) is 6.42 Å². The van der Waals surface area contributed by atoms with E-state index >= 15 is 0 Å². The zero-order chi connectivity index (χ0) is 27.2. The van der Waals surface area contributed by atoms with E-state index in [9.17, 15) is 24.0 Å². The van der Waals surface area contributed by atoms with Crippen LogP contribution >= 0.6 is 0 Å². The summed E-state index contributed by atoms with van der Waals surface area (Å²) >= 11 is 0. The Hall–Kier alpha value is -2.53. The lowest BCUT2D eigenvalue weighted by Crippen LogP contribution is -2.52. The molecule has 0 aromatic heterocycles. The van der Waals surface area contributed by atoms with Gasteiger partial charge in [-0.2, -0.15) is 0 Å². The van der Waals surface area contributed by atoms with E-state index in [1.54, 1.807) is 4.90 Å². The van der Waals surface area contributed by atoms with Crippen molar-refractivity contribution in [2.45, 2.75) is 84.7 Å². The quantitative estimate of drug-likeness (QED) is 0.422. The average Bonchev–Trinajstić information content (AvgIpc) is 3.17. The molecule has 2 unspecified atom stereocenters. The number of hydrogen-bond acceptors (Lipinski definition) is 8. The van der Waals surface area contributed by atoms with Gasteiger partial charge in [0.1, 0.15) is 0 Å². The van der Waals surface area contributed by atoms with Crippen LogP contribution in [0.3, 0.4) is 0 Å². The highest BCUT2D eigenvalue weighted by molar-refractivity contribution is 6.01. The number of hydroxylamine groups is 2. The van der Waals surface area contributed by atoms with Gasteiger partial charge in [-0.15, -0.1) is 5.06 Å². The molecule has 2 atom stereocenters. The van der Waals surface area contributed by atoms with Crippen LogP contribution in [0.1, 0.15) is 72.6 Å². The molecule has 4 amide bonds. The Bertz CT molecular complexity index is 844. The largest absolute Gasteiger partial charge is 0.355 e. The number of nitrogens with zero attached hydrogens (tertiary/aromatic N) is 4. The lowest BCUT2D eigenvalue weighted by Gasteiger charge is -2.42. The lowest BCUT2D eigenvalue weighted by molar-refractivity contribution is -0.197. The first-order chi connectivity index (χ1) is 17.5. The molecule has 3 heterocycles. The van der Waals surface area contributed by atoms with Crippen molar-refractivity contribution < 1.29 is 28.8 Å². The summed E-state index contributed by atoms with van der Waals surface area (Å²) in [4.78, 5) is 71.8. The van der Waals surface area contributed by atoms with Crippen molar-refractivity contribution in [1.82, 2.24) is 25.1 Å². The van der Waals surface area contributed by atoms with Gasteiger partial charge in [-0.3, -0.25) is 29.0 Å². The van der Waals surface area contributed by atoms with Crippen LogP contribution in [0, 0.1) is 5.41 Å². The van der Waals surface area contributed by atoms with E-state index < -0.39 is 23.2 Å². The highest BCUT2D eigenvalue weighted by Gasteiger charge is 2.35. The van der Waals surface area contributed by atoms with Gasteiger partial charge in [-0.25, -0.2) is 4.79 Å². The fourth-order valence-electron chi connectivity index (χ4n) is 5.27. The van der Waals surface area contributed by atoms with Gasteiger partial charge in [0.15, 0.2) is 0 Å². The standard InChI is InChI=1S/C26H43N5O6/c1-19-6-5-7-20(2)30(19)18-26(3,4)25(36)27-12-10-21(32)29-16-14-28(15-17-29)13-11-24(35)37-31-22(33)8-9-23(31)34/h19-20H,5-18H2,1-4H3,(H,27,36). The van der Waals surface area contributed by atoms with E-state index in [4.69, 9.17) is 4.84 Å². The Labute approximate surface area is 219 Å². The number of hydrogen-bond donors (Lipinski definition) is 1. The summed E-state index contributed by atoms with van der Waals surface area (Å²) in [6.07, 6.45) is 4.01. The minimum atomic E-state index is -0.620.